The van der Waals surface area contributed by atoms with Crippen LogP contribution in [0.4, 0.5) is 5.69 Å². The molecule has 1 saturated carbocycles. The van der Waals surface area contributed by atoms with Crippen molar-refractivity contribution < 1.29 is 9.59 Å². The van der Waals surface area contributed by atoms with Gasteiger partial charge in [-0.05, 0) is 50.3 Å². The number of benzene rings is 1. The molecule has 0 spiro atoms. The van der Waals surface area contributed by atoms with Crippen molar-refractivity contribution in [3.8, 4) is 0 Å². The molecule has 0 heterocycles. The fourth-order valence-corrected chi connectivity index (χ4v) is 3.55. The minimum atomic E-state index is -0.0672. The summed E-state index contributed by atoms with van der Waals surface area (Å²) in [4.78, 5) is 24.5. The standard InChI is InChI=1S/C18H24Cl2N2O2/c1-2-3-8-21-17(23)12-4-6-13(7-5-12)18(24)22-16-10-14(19)9-15(20)11-16/h9-13H,2-8H2,1H3,(H,21,23)(H,22,24). The van der Waals surface area contributed by atoms with E-state index in [0.717, 1.165) is 45.1 Å². The van der Waals surface area contributed by atoms with E-state index in [4.69, 9.17) is 23.2 Å². The van der Waals surface area contributed by atoms with Crippen LogP contribution in [0.1, 0.15) is 45.4 Å². The summed E-state index contributed by atoms with van der Waals surface area (Å²) in [7, 11) is 0. The second-order valence-electron chi connectivity index (χ2n) is 6.34. The summed E-state index contributed by atoms with van der Waals surface area (Å²) in [5.41, 5.74) is 0.608. The van der Waals surface area contributed by atoms with E-state index < -0.39 is 0 Å². The van der Waals surface area contributed by atoms with Crippen LogP contribution < -0.4 is 10.6 Å². The molecule has 24 heavy (non-hydrogen) atoms. The number of halogens is 2. The molecular weight excluding hydrogens is 347 g/mol. The normalized spacial score (nSPS) is 20.5. The van der Waals surface area contributed by atoms with Crippen LogP contribution in [-0.4, -0.2) is 18.4 Å². The molecule has 0 aromatic heterocycles. The molecule has 2 rings (SSSR count). The number of amides is 2. The van der Waals surface area contributed by atoms with Gasteiger partial charge in [0, 0.05) is 34.1 Å². The third-order valence-electron chi connectivity index (χ3n) is 4.43. The highest BCUT2D eigenvalue weighted by atomic mass is 35.5. The summed E-state index contributed by atoms with van der Waals surface area (Å²) in [5, 5.41) is 6.83. The van der Waals surface area contributed by atoms with Gasteiger partial charge in [-0.3, -0.25) is 9.59 Å². The largest absolute Gasteiger partial charge is 0.356 e. The monoisotopic (exact) mass is 370 g/mol. The molecule has 0 radical (unpaired) electrons. The number of hydrogen-bond acceptors (Lipinski definition) is 2. The molecule has 1 aromatic rings. The third kappa shape index (κ3) is 5.67. The maximum atomic E-state index is 12.4. The topological polar surface area (TPSA) is 58.2 Å². The average molecular weight is 371 g/mol. The Bertz CT molecular complexity index is 564. The highest BCUT2D eigenvalue weighted by Gasteiger charge is 2.29. The van der Waals surface area contributed by atoms with Gasteiger partial charge in [-0.2, -0.15) is 0 Å². The van der Waals surface area contributed by atoms with E-state index in [1.807, 2.05) is 0 Å². The summed E-state index contributed by atoms with van der Waals surface area (Å²) in [6.07, 6.45) is 5.04. The van der Waals surface area contributed by atoms with E-state index >= 15 is 0 Å². The molecule has 0 aliphatic heterocycles. The van der Waals surface area contributed by atoms with Crippen molar-refractivity contribution in [2.45, 2.75) is 45.4 Å². The number of carbonyl (C=O) groups is 2. The number of rotatable bonds is 6. The van der Waals surface area contributed by atoms with Crippen LogP contribution in [0.5, 0.6) is 0 Å². The zero-order chi connectivity index (χ0) is 17.5. The summed E-state index contributed by atoms with van der Waals surface area (Å²) in [6.45, 7) is 2.84. The van der Waals surface area contributed by atoms with E-state index in [0.29, 0.717) is 15.7 Å². The predicted molar refractivity (Wildman–Crippen MR) is 98.5 cm³/mol. The van der Waals surface area contributed by atoms with Crippen molar-refractivity contribution in [1.29, 1.82) is 0 Å². The Hall–Kier alpha value is -1.26. The average Bonchev–Trinajstić information content (AvgIpc) is 2.54. The molecule has 1 aromatic carbocycles. The lowest BCUT2D eigenvalue weighted by atomic mass is 9.81. The summed E-state index contributed by atoms with van der Waals surface area (Å²) in [5.74, 6) is 0.0658. The van der Waals surface area contributed by atoms with Crippen LogP contribution in [-0.2, 0) is 9.59 Å². The molecule has 0 bridgehead atoms. The molecule has 2 amide bonds. The van der Waals surface area contributed by atoms with Crippen molar-refractivity contribution in [1.82, 2.24) is 5.32 Å². The molecule has 0 unspecified atom stereocenters. The maximum Gasteiger partial charge on any atom is 0.227 e. The second kappa shape index (κ2) is 9.28. The van der Waals surface area contributed by atoms with Gasteiger partial charge in [0.1, 0.15) is 0 Å². The zero-order valence-electron chi connectivity index (χ0n) is 13.9. The van der Waals surface area contributed by atoms with Crippen molar-refractivity contribution in [3.05, 3.63) is 28.2 Å². The Morgan fingerprint density at radius 2 is 1.54 bits per heavy atom. The van der Waals surface area contributed by atoms with Gasteiger partial charge < -0.3 is 10.6 Å². The first kappa shape index (κ1) is 19.1. The van der Waals surface area contributed by atoms with Gasteiger partial charge in [0.2, 0.25) is 11.8 Å². The van der Waals surface area contributed by atoms with E-state index in [2.05, 4.69) is 17.6 Å². The molecule has 2 N–H and O–H groups in total. The first-order valence-corrected chi connectivity index (χ1v) is 9.30. The van der Waals surface area contributed by atoms with Gasteiger partial charge in [0.05, 0.1) is 0 Å². The molecule has 1 aliphatic rings. The number of hydrogen-bond donors (Lipinski definition) is 2. The predicted octanol–water partition coefficient (Wildman–Crippen LogP) is 4.65. The van der Waals surface area contributed by atoms with Crippen molar-refractivity contribution in [2.24, 2.45) is 11.8 Å². The Balaban J connectivity index is 1.81. The SMILES string of the molecule is CCCCNC(=O)C1CCC(C(=O)Nc2cc(Cl)cc(Cl)c2)CC1. The molecule has 1 fully saturated rings. The van der Waals surface area contributed by atoms with Crippen LogP contribution in [0.15, 0.2) is 18.2 Å². The first-order chi connectivity index (χ1) is 11.5. The van der Waals surface area contributed by atoms with E-state index in [9.17, 15) is 9.59 Å². The highest BCUT2D eigenvalue weighted by Crippen LogP contribution is 2.30. The van der Waals surface area contributed by atoms with Crippen LogP contribution in [0.3, 0.4) is 0 Å². The minimum Gasteiger partial charge on any atom is -0.356 e. The molecule has 4 nitrogen and oxygen atoms in total. The molecule has 0 atom stereocenters. The summed E-state index contributed by atoms with van der Waals surface area (Å²) >= 11 is 11.9. The van der Waals surface area contributed by atoms with Crippen LogP contribution >= 0.6 is 23.2 Å². The van der Waals surface area contributed by atoms with Gasteiger partial charge in [0.25, 0.3) is 0 Å². The lowest BCUT2D eigenvalue weighted by Crippen LogP contribution is -2.35. The van der Waals surface area contributed by atoms with E-state index in [-0.39, 0.29) is 23.7 Å². The number of unbranched alkanes of at least 4 members (excludes halogenated alkanes) is 1. The molecule has 132 valence electrons. The van der Waals surface area contributed by atoms with Crippen molar-refractivity contribution in [3.63, 3.8) is 0 Å². The Kier molecular flexibility index (Phi) is 7.38. The second-order valence-corrected chi connectivity index (χ2v) is 7.21. The van der Waals surface area contributed by atoms with E-state index in [1.165, 1.54) is 0 Å². The van der Waals surface area contributed by atoms with Crippen LogP contribution in [0.25, 0.3) is 0 Å². The Morgan fingerprint density at radius 3 is 2.08 bits per heavy atom. The fraction of sp³-hybridized carbons (Fsp3) is 0.556. The van der Waals surface area contributed by atoms with Gasteiger partial charge in [-0.15, -0.1) is 0 Å². The minimum absolute atomic E-state index is 0.0295. The lowest BCUT2D eigenvalue weighted by molar-refractivity contribution is -0.128. The van der Waals surface area contributed by atoms with Gasteiger partial charge in [0.15, 0.2) is 0 Å². The number of nitrogens with one attached hydrogen (secondary N) is 2. The fourth-order valence-electron chi connectivity index (χ4n) is 3.02. The van der Waals surface area contributed by atoms with Gasteiger partial charge in [-0.1, -0.05) is 36.5 Å². The zero-order valence-corrected chi connectivity index (χ0v) is 15.4. The quantitative estimate of drug-likeness (QED) is 0.715. The Morgan fingerprint density at radius 1 is 1.00 bits per heavy atom. The first-order valence-electron chi connectivity index (χ1n) is 8.54. The number of carbonyl (C=O) groups excluding carboxylic acids is 2. The van der Waals surface area contributed by atoms with Gasteiger partial charge in [-0.25, -0.2) is 0 Å². The third-order valence-corrected chi connectivity index (χ3v) is 4.86. The summed E-state index contributed by atoms with van der Waals surface area (Å²) in [6, 6.07) is 4.98. The molecule has 0 saturated heterocycles. The Labute approximate surface area is 153 Å². The summed E-state index contributed by atoms with van der Waals surface area (Å²) < 4.78 is 0. The van der Waals surface area contributed by atoms with Crippen molar-refractivity contribution in [2.75, 3.05) is 11.9 Å². The molecule has 1 aliphatic carbocycles. The van der Waals surface area contributed by atoms with E-state index in [1.54, 1.807) is 18.2 Å². The highest BCUT2D eigenvalue weighted by molar-refractivity contribution is 6.35. The smallest absolute Gasteiger partial charge is 0.227 e. The molecular formula is C18H24Cl2N2O2. The van der Waals surface area contributed by atoms with Crippen molar-refractivity contribution >= 4 is 40.7 Å². The maximum absolute atomic E-state index is 12.4. The molecule has 6 heteroatoms. The van der Waals surface area contributed by atoms with Crippen LogP contribution in [0.2, 0.25) is 10.0 Å². The van der Waals surface area contributed by atoms with Crippen LogP contribution in [0, 0.1) is 11.8 Å². The van der Waals surface area contributed by atoms with Gasteiger partial charge >= 0.3 is 0 Å². The number of anilines is 1. The lowest BCUT2D eigenvalue weighted by Gasteiger charge is -2.27.